The Hall–Kier alpha value is -3.92. The van der Waals surface area contributed by atoms with Gasteiger partial charge in [-0.1, -0.05) is 29.5 Å². The van der Waals surface area contributed by atoms with E-state index in [1.165, 1.54) is 18.4 Å². The van der Waals surface area contributed by atoms with Crippen LogP contribution in [0.5, 0.6) is 11.5 Å². The normalized spacial score (nSPS) is 15.3. The van der Waals surface area contributed by atoms with Gasteiger partial charge in [-0.15, -0.1) is 0 Å². The van der Waals surface area contributed by atoms with Crippen LogP contribution in [0, 0.1) is 0 Å². The minimum absolute atomic E-state index is 0.113. The number of nitrogens with one attached hydrogen (secondary N) is 1. The Morgan fingerprint density at radius 2 is 2.12 bits per heavy atom. The van der Waals surface area contributed by atoms with Crippen molar-refractivity contribution in [2.75, 3.05) is 19.0 Å². The number of benzene rings is 2. The zero-order valence-corrected chi connectivity index (χ0v) is 17.9. The third-order valence-corrected chi connectivity index (χ3v) is 6.26. The molecule has 1 aliphatic heterocycles. The predicted octanol–water partition coefficient (Wildman–Crippen LogP) is 2.83. The fourth-order valence-electron chi connectivity index (χ4n) is 3.78. The number of carbonyl (C=O) groups is 2. The van der Waals surface area contributed by atoms with E-state index in [0.29, 0.717) is 22.4 Å². The quantitative estimate of drug-likeness (QED) is 0.467. The molecule has 3 heterocycles. The number of carbonyl (C=O) groups excluding carboxylic acids is 2. The highest BCUT2D eigenvalue weighted by molar-refractivity contribution is 7.20. The number of amides is 2. The van der Waals surface area contributed by atoms with Crippen LogP contribution < -0.4 is 20.5 Å². The van der Waals surface area contributed by atoms with Crippen molar-refractivity contribution >= 4 is 39.2 Å². The molecule has 0 radical (unpaired) electrons. The molecule has 0 spiro atoms. The second-order valence-electron chi connectivity index (χ2n) is 7.29. The number of thiazole rings is 1. The predicted molar refractivity (Wildman–Crippen MR) is 120 cm³/mol. The van der Waals surface area contributed by atoms with E-state index in [-0.39, 0.29) is 24.9 Å². The lowest BCUT2D eigenvalue weighted by Crippen LogP contribution is -2.24. The number of para-hydroxylation sites is 1. The maximum Gasteiger partial charge on any atom is 0.255 e. The summed E-state index contributed by atoms with van der Waals surface area (Å²) in [6.45, 7) is -0.249. The Bertz CT molecular complexity index is 1310. The van der Waals surface area contributed by atoms with Crippen molar-refractivity contribution in [1.29, 1.82) is 0 Å². The third-order valence-electron chi connectivity index (χ3n) is 5.24. The van der Waals surface area contributed by atoms with Crippen LogP contribution in [0.1, 0.15) is 23.5 Å². The molecule has 0 saturated carbocycles. The summed E-state index contributed by atoms with van der Waals surface area (Å²) in [5, 5.41) is 8.15. The van der Waals surface area contributed by atoms with E-state index in [1.807, 2.05) is 30.3 Å². The van der Waals surface area contributed by atoms with Gasteiger partial charge in [0.05, 0.1) is 23.5 Å². The standard InChI is InChI=1S/C22H19N5O4S/c1-30-17-8-12(6-7-16(17)31-11-19(23)28)13-9-20(29)26-21-14(13)10-24-27(21)22-25-15-4-2-3-5-18(15)32-22/h2-8,10,13H,9,11H2,1H3,(H2,23,28)(H,26,29). The second-order valence-corrected chi connectivity index (χ2v) is 8.30. The van der Waals surface area contributed by atoms with Gasteiger partial charge in [0.25, 0.3) is 5.91 Å². The van der Waals surface area contributed by atoms with Crippen LogP contribution in [0.4, 0.5) is 5.82 Å². The van der Waals surface area contributed by atoms with Crippen molar-refractivity contribution in [3.8, 4) is 16.6 Å². The second kappa shape index (κ2) is 7.97. The Morgan fingerprint density at radius 1 is 1.28 bits per heavy atom. The fourth-order valence-corrected chi connectivity index (χ4v) is 4.71. The fraction of sp³-hybridized carbons (Fsp3) is 0.182. The number of ether oxygens (including phenoxy) is 2. The molecule has 1 unspecified atom stereocenters. The van der Waals surface area contributed by atoms with Crippen LogP contribution in [0.2, 0.25) is 0 Å². The van der Waals surface area contributed by atoms with Crippen molar-refractivity contribution in [2.45, 2.75) is 12.3 Å². The molecule has 5 rings (SSSR count). The number of nitrogens with zero attached hydrogens (tertiary/aromatic N) is 3. The third kappa shape index (κ3) is 3.54. The highest BCUT2D eigenvalue weighted by atomic mass is 32.1. The Balaban J connectivity index is 1.53. The van der Waals surface area contributed by atoms with Crippen molar-refractivity contribution < 1.29 is 19.1 Å². The largest absolute Gasteiger partial charge is 0.493 e. The van der Waals surface area contributed by atoms with E-state index in [9.17, 15) is 9.59 Å². The summed E-state index contributed by atoms with van der Waals surface area (Å²) >= 11 is 1.51. The Labute approximate surface area is 186 Å². The summed E-state index contributed by atoms with van der Waals surface area (Å²) in [5.74, 6) is 0.556. The lowest BCUT2D eigenvalue weighted by molar-refractivity contribution is -0.120. The van der Waals surface area contributed by atoms with E-state index in [2.05, 4.69) is 15.4 Å². The van der Waals surface area contributed by atoms with Crippen LogP contribution in [0.15, 0.2) is 48.7 Å². The molecule has 1 atom stereocenters. The maximum atomic E-state index is 12.6. The number of rotatable bonds is 6. The first-order chi connectivity index (χ1) is 15.5. The molecule has 2 amide bonds. The van der Waals surface area contributed by atoms with Gasteiger partial charge in [0.1, 0.15) is 5.82 Å². The minimum Gasteiger partial charge on any atom is -0.493 e. The first kappa shape index (κ1) is 20.0. The summed E-state index contributed by atoms with van der Waals surface area (Å²) in [6, 6.07) is 13.2. The van der Waals surface area contributed by atoms with E-state index < -0.39 is 5.91 Å². The van der Waals surface area contributed by atoms with Crippen molar-refractivity contribution in [3.05, 3.63) is 59.8 Å². The van der Waals surface area contributed by atoms with Gasteiger partial charge in [-0.2, -0.15) is 9.78 Å². The molecule has 162 valence electrons. The van der Waals surface area contributed by atoms with Crippen LogP contribution in [-0.4, -0.2) is 40.3 Å². The van der Waals surface area contributed by atoms with Gasteiger partial charge in [-0.3, -0.25) is 9.59 Å². The lowest BCUT2D eigenvalue weighted by atomic mass is 9.87. The van der Waals surface area contributed by atoms with Crippen molar-refractivity contribution in [2.24, 2.45) is 5.73 Å². The summed E-state index contributed by atoms with van der Waals surface area (Å²) < 4.78 is 13.6. The highest BCUT2D eigenvalue weighted by Gasteiger charge is 2.31. The zero-order chi connectivity index (χ0) is 22.2. The molecule has 32 heavy (non-hydrogen) atoms. The van der Waals surface area contributed by atoms with Crippen LogP contribution in [-0.2, 0) is 9.59 Å². The Kier molecular flexibility index (Phi) is 4.98. The molecule has 4 aromatic rings. The van der Waals surface area contributed by atoms with Gasteiger partial charge in [0, 0.05) is 17.9 Å². The van der Waals surface area contributed by atoms with Crippen molar-refractivity contribution in [3.63, 3.8) is 0 Å². The number of hydrogen-bond donors (Lipinski definition) is 2. The first-order valence-electron chi connectivity index (χ1n) is 9.86. The summed E-state index contributed by atoms with van der Waals surface area (Å²) in [7, 11) is 1.51. The van der Waals surface area contributed by atoms with Crippen LogP contribution in [0.3, 0.4) is 0 Å². The number of anilines is 1. The molecule has 3 N–H and O–H groups in total. The number of methoxy groups -OCH3 is 1. The van der Waals surface area contributed by atoms with Gasteiger partial charge < -0.3 is 20.5 Å². The molecule has 0 fully saturated rings. The smallest absolute Gasteiger partial charge is 0.255 e. The molecule has 0 aliphatic carbocycles. The molecule has 10 heteroatoms. The first-order valence-corrected chi connectivity index (χ1v) is 10.7. The average molecular weight is 449 g/mol. The van der Waals surface area contributed by atoms with E-state index in [0.717, 1.165) is 21.3 Å². The lowest BCUT2D eigenvalue weighted by Gasteiger charge is -2.24. The summed E-state index contributed by atoms with van der Waals surface area (Å²) in [6.07, 6.45) is 2.03. The summed E-state index contributed by atoms with van der Waals surface area (Å²) in [5.41, 5.74) is 7.80. The van der Waals surface area contributed by atoms with Crippen LogP contribution in [0.25, 0.3) is 15.3 Å². The van der Waals surface area contributed by atoms with E-state index in [4.69, 9.17) is 15.2 Å². The van der Waals surface area contributed by atoms with Gasteiger partial charge >= 0.3 is 0 Å². The van der Waals surface area contributed by atoms with E-state index in [1.54, 1.807) is 23.0 Å². The zero-order valence-electron chi connectivity index (χ0n) is 17.1. The van der Waals surface area contributed by atoms with Gasteiger partial charge in [0.15, 0.2) is 18.1 Å². The number of hydrogen-bond acceptors (Lipinski definition) is 7. The van der Waals surface area contributed by atoms with Crippen LogP contribution >= 0.6 is 11.3 Å². The SMILES string of the molecule is COc1cc(C2CC(=O)Nc3c2cnn3-c2nc3ccccc3s2)ccc1OCC(N)=O. The number of primary amides is 1. The monoisotopic (exact) mass is 449 g/mol. The number of nitrogens with two attached hydrogens (primary N) is 1. The molecule has 0 bridgehead atoms. The highest BCUT2D eigenvalue weighted by Crippen LogP contribution is 2.41. The maximum absolute atomic E-state index is 12.6. The molecule has 9 nitrogen and oxygen atoms in total. The molecule has 0 saturated heterocycles. The molecule has 1 aliphatic rings. The Morgan fingerprint density at radius 3 is 2.91 bits per heavy atom. The number of fused-ring (bicyclic) bond motifs is 2. The molecular formula is C22H19N5O4S. The van der Waals surface area contributed by atoms with Gasteiger partial charge in [0.2, 0.25) is 11.0 Å². The minimum atomic E-state index is -0.577. The molecule has 2 aromatic carbocycles. The molecule has 2 aromatic heterocycles. The molecular weight excluding hydrogens is 430 g/mol. The van der Waals surface area contributed by atoms with Crippen molar-refractivity contribution in [1.82, 2.24) is 14.8 Å². The van der Waals surface area contributed by atoms with Gasteiger partial charge in [-0.05, 0) is 29.8 Å². The van der Waals surface area contributed by atoms with E-state index >= 15 is 0 Å². The average Bonchev–Trinajstić information content (AvgIpc) is 3.40. The number of aromatic nitrogens is 3. The topological polar surface area (TPSA) is 121 Å². The summed E-state index contributed by atoms with van der Waals surface area (Å²) in [4.78, 5) is 28.3. The van der Waals surface area contributed by atoms with Gasteiger partial charge in [-0.25, -0.2) is 4.98 Å².